The fraction of sp³-hybridized carbons (Fsp3) is 0.0667. The van der Waals surface area contributed by atoms with Crippen LogP contribution >= 0.6 is 23.2 Å². The highest BCUT2D eigenvalue weighted by atomic mass is 35.5. The number of aliphatic hydroxyl groups excluding tert-OH is 1. The molecule has 7 heteroatoms. The van der Waals surface area contributed by atoms with Crippen LogP contribution in [0.2, 0.25) is 10.0 Å². The fourth-order valence-electron chi connectivity index (χ4n) is 4.30. The van der Waals surface area contributed by atoms with Gasteiger partial charge in [-0.15, -0.1) is 0 Å². The Hall–Kier alpha value is -4.06. The predicted molar refractivity (Wildman–Crippen MR) is 144 cm³/mol. The zero-order valence-electron chi connectivity index (χ0n) is 19.5. The molecule has 0 fully saturated rings. The summed E-state index contributed by atoms with van der Waals surface area (Å²) in [5.41, 5.74) is 2.35. The van der Waals surface area contributed by atoms with E-state index in [1.54, 1.807) is 72.8 Å². The standard InChI is InChI=1S/C30H21Cl2NO4/c31-22-13-11-20(12-14-22)27-26(28(34)21-9-5-2-6-10-21)29(35)30(36)33(27)23-15-16-25(24(32)17-23)37-18-19-7-3-1-4-8-19/h1-17,27,35H,18H2. The number of aliphatic hydroxyl groups is 1. The third-order valence-electron chi connectivity index (χ3n) is 6.11. The molecule has 1 aliphatic rings. The van der Waals surface area contributed by atoms with Crippen LogP contribution in [0.3, 0.4) is 0 Å². The fourth-order valence-corrected chi connectivity index (χ4v) is 4.66. The van der Waals surface area contributed by atoms with Crippen molar-refractivity contribution in [3.05, 3.63) is 141 Å². The van der Waals surface area contributed by atoms with E-state index >= 15 is 0 Å². The first-order valence-electron chi connectivity index (χ1n) is 11.5. The smallest absolute Gasteiger partial charge is 0.294 e. The number of ether oxygens (including phenoxy) is 1. The van der Waals surface area contributed by atoms with Crippen LogP contribution in [-0.2, 0) is 11.4 Å². The van der Waals surface area contributed by atoms with Gasteiger partial charge in [0.05, 0.1) is 16.6 Å². The Morgan fingerprint density at radius 3 is 2.16 bits per heavy atom. The van der Waals surface area contributed by atoms with Gasteiger partial charge in [-0.1, -0.05) is 96.0 Å². The minimum atomic E-state index is -0.885. The Bertz CT molecular complexity index is 1490. The molecule has 4 aromatic carbocycles. The summed E-state index contributed by atoms with van der Waals surface area (Å²) in [6, 6.07) is 29.0. The number of halogens is 2. The second-order valence-corrected chi connectivity index (χ2v) is 9.32. The van der Waals surface area contributed by atoms with Crippen LogP contribution < -0.4 is 9.64 Å². The highest BCUT2D eigenvalue weighted by Crippen LogP contribution is 2.43. The lowest BCUT2D eigenvalue weighted by Gasteiger charge is -2.27. The molecule has 0 bridgehead atoms. The Morgan fingerprint density at radius 2 is 1.51 bits per heavy atom. The van der Waals surface area contributed by atoms with Gasteiger partial charge in [0, 0.05) is 16.3 Å². The lowest BCUT2D eigenvalue weighted by molar-refractivity contribution is -0.117. The number of nitrogens with zero attached hydrogens (tertiary/aromatic N) is 1. The molecule has 1 unspecified atom stereocenters. The number of ketones is 1. The molecule has 0 saturated heterocycles. The summed E-state index contributed by atoms with van der Waals surface area (Å²) < 4.78 is 5.87. The van der Waals surface area contributed by atoms with Gasteiger partial charge in [0.15, 0.2) is 11.5 Å². The SMILES string of the molecule is O=C(C1=C(O)C(=O)N(c2ccc(OCc3ccccc3)c(Cl)c2)C1c1ccc(Cl)cc1)c1ccccc1. The van der Waals surface area contributed by atoms with Gasteiger partial charge >= 0.3 is 0 Å². The highest BCUT2D eigenvalue weighted by Gasteiger charge is 2.44. The van der Waals surface area contributed by atoms with E-state index in [9.17, 15) is 14.7 Å². The van der Waals surface area contributed by atoms with Crippen molar-refractivity contribution in [2.24, 2.45) is 0 Å². The van der Waals surface area contributed by atoms with Crippen LogP contribution in [0, 0.1) is 0 Å². The number of anilines is 1. The summed E-state index contributed by atoms with van der Waals surface area (Å²) in [4.78, 5) is 28.2. The molecular formula is C30H21Cl2NO4. The number of hydrogen-bond donors (Lipinski definition) is 1. The zero-order valence-corrected chi connectivity index (χ0v) is 21.0. The molecule has 0 aliphatic carbocycles. The molecule has 37 heavy (non-hydrogen) atoms. The van der Waals surface area contributed by atoms with E-state index in [4.69, 9.17) is 27.9 Å². The highest BCUT2D eigenvalue weighted by molar-refractivity contribution is 6.32. The van der Waals surface area contributed by atoms with Crippen LogP contribution in [0.5, 0.6) is 5.75 Å². The largest absolute Gasteiger partial charge is 0.503 e. The summed E-state index contributed by atoms with van der Waals surface area (Å²) >= 11 is 12.6. The van der Waals surface area contributed by atoms with Crippen LogP contribution in [0.15, 0.2) is 114 Å². The molecule has 0 spiro atoms. The van der Waals surface area contributed by atoms with Gasteiger partial charge in [-0.05, 0) is 41.5 Å². The van der Waals surface area contributed by atoms with Crippen molar-refractivity contribution in [1.82, 2.24) is 0 Å². The van der Waals surface area contributed by atoms with Gasteiger partial charge in [-0.2, -0.15) is 0 Å². The van der Waals surface area contributed by atoms with E-state index in [2.05, 4.69) is 0 Å². The number of hydrogen-bond acceptors (Lipinski definition) is 4. The quantitative estimate of drug-likeness (QED) is 0.254. The molecule has 184 valence electrons. The van der Waals surface area contributed by atoms with Crippen molar-refractivity contribution >= 4 is 40.6 Å². The molecule has 5 rings (SSSR count). The maximum atomic E-state index is 13.5. The van der Waals surface area contributed by atoms with E-state index in [1.165, 1.54) is 4.90 Å². The van der Waals surface area contributed by atoms with Crippen molar-refractivity contribution in [2.75, 3.05) is 4.90 Å². The van der Waals surface area contributed by atoms with Gasteiger partial charge in [-0.25, -0.2) is 0 Å². The number of carbonyl (C=O) groups is 2. The molecule has 0 saturated carbocycles. The Morgan fingerprint density at radius 1 is 0.865 bits per heavy atom. The Labute approximate surface area is 224 Å². The molecule has 1 N–H and O–H groups in total. The van der Waals surface area contributed by atoms with Crippen molar-refractivity contribution in [3.8, 4) is 5.75 Å². The summed E-state index contributed by atoms with van der Waals surface area (Å²) in [6.07, 6.45) is 0. The topological polar surface area (TPSA) is 66.8 Å². The molecule has 1 atom stereocenters. The van der Waals surface area contributed by atoms with Crippen LogP contribution in [0.4, 0.5) is 5.69 Å². The number of carbonyl (C=O) groups excluding carboxylic acids is 2. The van der Waals surface area contributed by atoms with Gasteiger partial charge in [0.25, 0.3) is 5.91 Å². The predicted octanol–water partition coefficient (Wildman–Crippen LogP) is 7.36. The first kappa shape index (κ1) is 24.6. The van der Waals surface area contributed by atoms with Crippen molar-refractivity contribution in [3.63, 3.8) is 0 Å². The Kier molecular flexibility index (Phi) is 6.99. The summed E-state index contributed by atoms with van der Waals surface area (Å²) in [6.45, 7) is 0.327. The number of rotatable bonds is 7. The third kappa shape index (κ3) is 4.96. The molecule has 1 heterocycles. The second-order valence-electron chi connectivity index (χ2n) is 8.48. The normalized spacial score (nSPS) is 15.2. The number of amides is 1. The monoisotopic (exact) mass is 529 g/mol. The zero-order chi connectivity index (χ0) is 25.9. The van der Waals surface area contributed by atoms with Crippen molar-refractivity contribution < 1.29 is 19.4 Å². The van der Waals surface area contributed by atoms with Crippen molar-refractivity contribution in [1.29, 1.82) is 0 Å². The average molecular weight is 530 g/mol. The minimum Gasteiger partial charge on any atom is -0.503 e. The lowest BCUT2D eigenvalue weighted by atomic mass is 9.92. The lowest BCUT2D eigenvalue weighted by Crippen LogP contribution is -2.31. The van der Waals surface area contributed by atoms with Crippen LogP contribution in [0.1, 0.15) is 27.5 Å². The molecule has 1 amide bonds. The number of benzene rings is 4. The van der Waals surface area contributed by atoms with Gasteiger partial charge < -0.3 is 9.84 Å². The molecule has 4 aromatic rings. The Balaban J connectivity index is 1.52. The van der Waals surface area contributed by atoms with E-state index in [-0.39, 0.29) is 5.57 Å². The molecule has 0 aromatic heterocycles. The summed E-state index contributed by atoms with van der Waals surface area (Å²) in [5, 5.41) is 11.7. The van der Waals surface area contributed by atoms with E-state index < -0.39 is 23.5 Å². The summed E-state index contributed by atoms with van der Waals surface area (Å²) in [5.74, 6) is -1.30. The minimum absolute atomic E-state index is 0.0148. The van der Waals surface area contributed by atoms with Gasteiger partial charge in [0.2, 0.25) is 0 Å². The third-order valence-corrected chi connectivity index (χ3v) is 6.65. The van der Waals surface area contributed by atoms with Crippen LogP contribution in [-0.4, -0.2) is 16.8 Å². The number of Topliss-reactive ketones (excluding diaryl/α,β-unsaturated/α-hetero) is 1. The van der Waals surface area contributed by atoms with E-state index in [1.807, 2.05) is 30.3 Å². The van der Waals surface area contributed by atoms with Gasteiger partial charge in [0.1, 0.15) is 12.4 Å². The maximum Gasteiger partial charge on any atom is 0.294 e. The molecular weight excluding hydrogens is 509 g/mol. The first-order chi connectivity index (χ1) is 17.9. The van der Waals surface area contributed by atoms with E-state index in [0.29, 0.717) is 39.2 Å². The molecule has 1 aliphatic heterocycles. The second kappa shape index (κ2) is 10.5. The molecule has 5 nitrogen and oxygen atoms in total. The van der Waals surface area contributed by atoms with E-state index in [0.717, 1.165) is 5.56 Å². The van der Waals surface area contributed by atoms with Crippen molar-refractivity contribution in [2.45, 2.75) is 12.6 Å². The average Bonchev–Trinajstić information content (AvgIpc) is 3.19. The van der Waals surface area contributed by atoms with Crippen LogP contribution in [0.25, 0.3) is 0 Å². The first-order valence-corrected chi connectivity index (χ1v) is 12.3. The maximum absolute atomic E-state index is 13.5. The van der Waals surface area contributed by atoms with Gasteiger partial charge in [-0.3, -0.25) is 14.5 Å². The summed E-state index contributed by atoms with van der Waals surface area (Å²) in [7, 11) is 0. The molecule has 0 radical (unpaired) electrons.